The van der Waals surface area contributed by atoms with Gasteiger partial charge in [0.1, 0.15) is 5.82 Å². The van der Waals surface area contributed by atoms with Gasteiger partial charge in [-0.3, -0.25) is 0 Å². The molecule has 0 unspecified atom stereocenters. The van der Waals surface area contributed by atoms with Crippen LogP contribution in [0.15, 0.2) is 41.3 Å². The highest BCUT2D eigenvalue weighted by Gasteiger charge is 2.11. The van der Waals surface area contributed by atoms with Crippen LogP contribution in [0, 0.1) is 5.82 Å². The number of benzene rings is 2. The van der Waals surface area contributed by atoms with Crippen molar-refractivity contribution in [2.45, 2.75) is 11.4 Å². The summed E-state index contributed by atoms with van der Waals surface area (Å²) in [5, 5.41) is 21.3. The van der Waals surface area contributed by atoms with E-state index in [1.54, 1.807) is 6.07 Å². The van der Waals surface area contributed by atoms with Crippen molar-refractivity contribution in [1.29, 1.82) is 0 Å². The predicted octanol–water partition coefficient (Wildman–Crippen LogP) is 2.25. The van der Waals surface area contributed by atoms with Crippen LogP contribution in [0.4, 0.5) is 10.1 Å². The Labute approximate surface area is 121 Å². The van der Waals surface area contributed by atoms with Crippen molar-refractivity contribution < 1.29 is 23.0 Å². The second-order valence-corrected chi connectivity index (χ2v) is 6.61. The zero-order valence-corrected chi connectivity index (χ0v) is 12.0. The lowest BCUT2D eigenvalue weighted by atomic mass is 10.2. The van der Waals surface area contributed by atoms with Gasteiger partial charge in [0, 0.05) is 12.8 Å². The molecule has 3 N–H and O–H groups in total. The van der Waals surface area contributed by atoms with Gasteiger partial charge >= 0.3 is 0 Å². The molecular formula is C14H14FNO4S. The number of aromatic hydroxyl groups is 2. The standard InChI is InChI=1S/C14H14FNO4S/c1-21(19,20)10-3-4-11(15)12(7-10)16-8-9-2-5-13(17)14(18)6-9/h2-7,16-18H,8H2,1H3. The molecule has 2 aromatic rings. The molecule has 0 aromatic heterocycles. The molecule has 0 fully saturated rings. The summed E-state index contributed by atoms with van der Waals surface area (Å²) in [6, 6.07) is 7.69. The third-order valence-electron chi connectivity index (χ3n) is 2.89. The van der Waals surface area contributed by atoms with E-state index >= 15 is 0 Å². The summed E-state index contributed by atoms with van der Waals surface area (Å²) in [4.78, 5) is 0.0138. The van der Waals surface area contributed by atoms with E-state index in [1.165, 1.54) is 24.3 Å². The van der Waals surface area contributed by atoms with Gasteiger partial charge in [0.15, 0.2) is 21.3 Å². The normalized spacial score (nSPS) is 11.3. The van der Waals surface area contributed by atoms with E-state index in [9.17, 15) is 23.0 Å². The summed E-state index contributed by atoms with van der Waals surface area (Å²) in [6.45, 7) is 0.165. The number of phenols is 2. The summed E-state index contributed by atoms with van der Waals surface area (Å²) in [6.07, 6.45) is 1.04. The SMILES string of the molecule is CS(=O)(=O)c1ccc(F)c(NCc2ccc(O)c(O)c2)c1. The second kappa shape index (κ2) is 5.61. The van der Waals surface area contributed by atoms with Crippen molar-refractivity contribution in [2.75, 3.05) is 11.6 Å². The average molecular weight is 311 g/mol. The van der Waals surface area contributed by atoms with Gasteiger partial charge in [-0.1, -0.05) is 6.07 Å². The van der Waals surface area contributed by atoms with Crippen LogP contribution in [0.25, 0.3) is 0 Å². The molecule has 2 rings (SSSR count). The first kappa shape index (κ1) is 15.1. The lowest BCUT2D eigenvalue weighted by Crippen LogP contribution is -2.04. The maximum Gasteiger partial charge on any atom is 0.175 e. The first-order valence-electron chi connectivity index (χ1n) is 6.02. The molecule has 0 aliphatic rings. The van der Waals surface area contributed by atoms with Crippen LogP contribution in [-0.4, -0.2) is 24.9 Å². The van der Waals surface area contributed by atoms with Crippen LogP contribution in [0.5, 0.6) is 11.5 Å². The monoisotopic (exact) mass is 311 g/mol. The van der Waals surface area contributed by atoms with Crippen LogP contribution in [0.3, 0.4) is 0 Å². The summed E-state index contributed by atoms with van der Waals surface area (Å²) >= 11 is 0. The summed E-state index contributed by atoms with van der Waals surface area (Å²) in [5.41, 5.74) is 0.653. The molecule has 0 aliphatic carbocycles. The summed E-state index contributed by atoms with van der Waals surface area (Å²) in [7, 11) is -3.42. The molecule has 0 saturated carbocycles. The molecule has 112 valence electrons. The molecule has 0 heterocycles. The zero-order chi connectivity index (χ0) is 15.6. The van der Waals surface area contributed by atoms with Gasteiger partial charge in [-0.2, -0.15) is 0 Å². The van der Waals surface area contributed by atoms with Gasteiger partial charge < -0.3 is 15.5 Å². The minimum absolute atomic E-state index is 0.0138. The Balaban J connectivity index is 2.21. The molecule has 2 aromatic carbocycles. The van der Waals surface area contributed by atoms with Crippen molar-refractivity contribution in [3.8, 4) is 11.5 Å². The number of anilines is 1. The van der Waals surface area contributed by atoms with Gasteiger partial charge in [0.05, 0.1) is 10.6 Å². The van der Waals surface area contributed by atoms with Crippen LogP contribution in [0.1, 0.15) is 5.56 Å². The van der Waals surface area contributed by atoms with Crippen molar-refractivity contribution in [2.24, 2.45) is 0 Å². The predicted molar refractivity (Wildman–Crippen MR) is 76.6 cm³/mol. The van der Waals surface area contributed by atoms with Gasteiger partial charge in [-0.15, -0.1) is 0 Å². The number of phenolic OH excluding ortho intramolecular Hbond substituents is 2. The minimum Gasteiger partial charge on any atom is -0.504 e. The molecule has 7 heteroatoms. The average Bonchev–Trinajstić information content (AvgIpc) is 2.40. The summed E-state index contributed by atoms with van der Waals surface area (Å²) < 4.78 is 36.5. The Kier molecular flexibility index (Phi) is 4.04. The summed E-state index contributed by atoms with van der Waals surface area (Å²) in [5.74, 6) is -1.10. The van der Waals surface area contributed by atoms with E-state index in [0.717, 1.165) is 12.3 Å². The Morgan fingerprint density at radius 3 is 2.43 bits per heavy atom. The Bertz CT molecular complexity index is 775. The highest BCUT2D eigenvalue weighted by atomic mass is 32.2. The van der Waals surface area contributed by atoms with Gasteiger partial charge in [-0.25, -0.2) is 12.8 Å². The number of nitrogens with one attached hydrogen (secondary N) is 1. The topological polar surface area (TPSA) is 86.6 Å². The third kappa shape index (κ3) is 3.63. The molecule has 0 atom stereocenters. The molecule has 0 spiro atoms. The molecule has 0 aliphatic heterocycles. The first-order chi connectivity index (χ1) is 9.77. The van der Waals surface area contributed by atoms with Gasteiger partial charge in [-0.05, 0) is 35.9 Å². The molecule has 0 bridgehead atoms. The number of hydrogen-bond donors (Lipinski definition) is 3. The molecule has 0 radical (unpaired) electrons. The number of hydrogen-bond acceptors (Lipinski definition) is 5. The highest BCUT2D eigenvalue weighted by Crippen LogP contribution is 2.26. The van der Waals surface area contributed by atoms with Crippen LogP contribution in [-0.2, 0) is 16.4 Å². The first-order valence-corrected chi connectivity index (χ1v) is 7.91. The fraction of sp³-hybridized carbons (Fsp3) is 0.143. The Morgan fingerprint density at radius 1 is 1.10 bits per heavy atom. The van der Waals surface area contributed by atoms with E-state index in [4.69, 9.17) is 0 Å². The smallest absolute Gasteiger partial charge is 0.175 e. The van der Waals surface area contributed by atoms with Crippen molar-refractivity contribution in [3.05, 3.63) is 47.8 Å². The van der Waals surface area contributed by atoms with E-state index in [1.807, 2.05) is 0 Å². The van der Waals surface area contributed by atoms with Crippen molar-refractivity contribution in [1.82, 2.24) is 0 Å². The fourth-order valence-corrected chi connectivity index (χ4v) is 2.39. The maximum absolute atomic E-state index is 13.7. The van der Waals surface area contributed by atoms with Gasteiger partial charge in [0.25, 0.3) is 0 Å². The highest BCUT2D eigenvalue weighted by molar-refractivity contribution is 7.90. The van der Waals surface area contributed by atoms with E-state index in [0.29, 0.717) is 5.56 Å². The quantitative estimate of drug-likeness (QED) is 0.595. The van der Waals surface area contributed by atoms with Crippen molar-refractivity contribution in [3.63, 3.8) is 0 Å². The molecule has 5 nitrogen and oxygen atoms in total. The van der Waals surface area contributed by atoms with Gasteiger partial charge in [0.2, 0.25) is 0 Å². The molecule has 21 heavy (non-hydrogen) atoms. The maximum atomic E-state index is 13.7. The Morgan fingerprint density at radius 2 is 1.81 bits per heavy atom. The molecular weight excluding hydrogens is 297 g/mol. The van der Waals surface area contributed by atoms with Crippen LogP contribution in [0.2, 0.25) is 0 Å². The van der Waals surface area contributed by atoms with E-state index in [-0.39, 0.29) is 28.6 Å². The minimum atomic E-state index is -3.42. The second-order valence-electron chi connectivity index (χ2n) is 4.59. The van der Waals surface area contributed by atoms with E-state index < -0.39 is 15.7 Å². The van der Waals surface area contributed by atoms with Crippen molar-refractivity contribution >= 4 is 15.5 Å². The number of halogens is 1. The van der Waals surface area contributed by atoms with Crippen LogP contribution < -0.4 is 5.32 Å². The third-order valence-corrected chi connectivity index (χ3v) is 4.00. The van der Waals surface area contributed by atoms with E-state index in [2.05, 4.69) is 5.32 Å². The lowest BCUT2D eigenvalue weighted by Gasteiger charge is -2.10. The lowest BCUT2D eigenvalue weighted by molar-refractivity contribution is 0.403. The largest absolute Gasteiger partial charge is 0.504 e. The number of rotatable bonds is 4. The molecule has 0 saturated heterocycles. The van der Waals surface area contributed by atoms with Crippen LogP contribution >= 0.6 is 0 Å². The Hall–Kier alpha value is -2.28. The zero-order valence-electron chi connectivity index (χ0n) is 11.2. The molecule has 0 amide bonds. The fourth-order valence-electron chi connectivity index (χ4n) is 1.75. The number of sulfone groups is 1.